The van der Waals surface area contributed by atoms with Crippen LogP contribution in [0.1, 0.15) is 50.5 Å². The van der Waals surface area contributed by atoms with Crippen LogP contribution in [0.15, 0.2) is 30.3 Å². The van der Waals surface area contributed by atoms with E-state index in [9.17, 15) is 14.4 Å². The number of carboxylic acid groups (broad SMARTS) is 1. The first-order chi connectivity index (χ1) is 13.5. The highest BCUT2D eigenvalue weighted by Gasteiger charge is 2.17. The minimum Gasteiger partial charge on any atom is -0.481 e. The normalized spacial score (nSPS) is 15.4. The molecule has 1 aromatic carbocycles. The van der Waals surface area contributed by atoms with Crippen LogP contribution in [-0.2, 0) is 16.0 Å². The number of nitrogens with zero attached hydrogens (tertiary/aromatic N) is 1. The molecular formula is C21H31N3O4. The number of urea groups is 1. The van der Waals surface area contributed by atoms with Gasteiger partial charge in [-0.05, 0) is 31.2 Å². The second-order valence-electron chi connectivity index (χ2n) is 7.26. The maximum Gasteiger partial charge on any atom is 0.315 e. The number of carbonyl (C=O) groups excluding carboxylic acids is 2. The van der Waals surface area contributed by atoms with E-state index < -0.39 is 5.97 Å². The van der Waals surface area contributed by atoms with Crippen molar-refractivity contribution in [2.24, 2.45) is 0 Å². The first-order valence-corrected chi connectivity index (χ1v) is 10.1. The van der Waals surface area contributed by atoms with Crippen LogP contribution < -0.4 is 10.6 Å². The van der Waals surface area contributed by atoms with Crippen molar-refractivity contribution in [1.29, 1.82) is 0 Å². The highest BCUT2D eigenvalue weighted by Crippen LogP contribution is 2.11. The summed E-state index contributed by atoms with van der Waals surface area (Å²) in [5.74, 6) is -0.808. The molecule has 0 aliphatic carbocycles. The Morgan fingerprint density at radius 2 is 1.68 bits per heavy atom. The Hall–Kier alpha value is -2.57. The number of nitrogens with one attached hydrogen (secondary N) is 2. The highest BCUT2D eigenvalue weighted by molar-refractivity contribution is 5.78. The molecule has 1 aliphatic heterocycles. The molecule has 0 bridgehead atoms. The molecule has 0 saturated carbocycles. The van der Waals surface area contributed by atoms with E-state index in [0.29, 0.717) is 12.8 Å². The summed E-state index contributed by atoms with van der Waals surface area (Å²) in [6.07, 6.45) is 5.62. The van der Waals surface area contributed by atoms with E-state index in [1.54, 1.807) is 0 Å². The van der Waals surface area contributed by atoms with E-state index in [1.807, 2.05) is 35.2 Å². The number of aliphatic carboxylic acids is 1. The van der Waals surface area contributed by atoms with Gasteiger partial charge in [-0.2, -0.15) is 0 Å². The molecule has 7 heteroatoms. The number of amides is 3. The first kappa shape index (κ1) is 21.7. The highest BCUT2D eigenvalue weighted by atomic mass is 16.4. The van der Waals surface area contributed by atoms with Gasteiger partial charge in [0.25, 0.3) is 0 Å². The predicted molar refractivity (Wildman–Crippen MR) is 107 cm³/mol. The smallest absolute Gasteiger partial charge is 0.315 e. The Balaban J connectivity index is 1.76. The Bertz CT molecular complexity index is 628. The minimum absolute atomic E-state index is 0.00870. The maximum absolute atomic E-state index is 12.3. The van der Waals surface area contributed by atoms with Gasteiger partial charge < -0.3 is 20.6 Å². The average Bonchev–Trinajstić information content (AvgIpc) is 2.96. The monoisotopic (exact) mass is 389 g/mol. The lowest BCUT2D eigenvalue weighted by molar-refractivity contribution is -0.137. The molecule has 7 nitrogen and oxygen atoms in total. The number of hydrogen-bond acceptors (Lipinski definition) is 3. The molecule has 1 aromatic rings. The number of benzene rings is 1. The van der Waals surface area contributed by atoms with Crippen molar-refractivity contribution in [3.8, 4) is 0 Å². The van der Waals surface area contributed by atoms with E-state index in [0.717, 1.165) is 31.5 Å². The standard InChI is InChI=1S/C21H31N3O4/c25-19(24-14-6-1-2-7-15-24)12-13-22-21(28)23-18(10-11-20(26)27)16-17-8-4-3-5-9-17/h3-5,8-9,18H,1-2,6-7,10-16H2,(H,26,27)(H2,22,23,28). The molecular weight excluding hydrogens is 358 g/mol. The quantitative estimate of drug-likeness (QED) is 0.604. The molecule has 1 unspecified atom stereocenters. The third-order valence-electron chi connectivity index (χ3n) is 4.95. The summed E-state index contributed by atoms with van der Waals surface area (Å²) in [5.41, 5.74) is 1.04. The van der Waals surface area contributed by atoms with Gasteiger partial charge in [-0.15, -0.1) is 0 Å². The number of likely N-dealkylation sites (tertiary alicyclic amines) is 1. The molecule has 154 valence electrons. The molecule has 0 radical (unpaired) electrons. The van der Waals surface area contributed by atoms with Crippen molar-refractivity contribution in [2.45, 2.75) is 57.4 Å². The summed E-state index contributed by atoms with van der Waals surface area (Å²) in [6.45, 7) is 1.89. The van der Waals surface area contributed by atoms with Gasteiger partial charge in [0, 0.05) is 38.5 Å². The summed E-state index contributed by atoms with van der Waals surface area (Å²) < 4.78 is 0. The predicted octanol–water partition coefficient (Wildman–Crippen LogP) is 2.55. The molecule has 0 aromatic heterocycles. The number of rotatable bonds is 9. The lowest BCUT2D eigenvalue weighted by Gasteiger charge is -2.21. The maximum atomic E-state index is 12.3. The van der Waals surface area contributed by atoms with Crippen LogP contribution in [0.2, 0.25) is 0 Å². The molecule has 1 heterocycles. The van der Waals surface area contributed by atoms with Crippen LogP contribution in [0.5, 0.6) is 0 Å². The summed E-state index contributed by atoms with van der Waals surface area (Å²) in [4.78, 5) is 37.2. The average molecular weight is 389 g/mol. The van der Waals surface area contributed by atoms with E-state index >= 15 is 0 Å². The van der Waals surface area contributed by atoms with E-state index in [4.69, 9.17) is 5.11 Å². The fraction of sp³-hybridized carbons (Fsp3) is 0.571. The first-order valence-electron chi connectivity index (χ1n) is 10.1. The van der Waals surface area contributed by atoms with Gasteiger partial charge in [-0.25, -0.2) is 4.79 Å². The molecule has 2 rings (SSSR count). The van der Waals surface area contributed by atoms with Gasteiger partial charge in [0.1, 0.15) is 0 Å². The second-order valence-corrected chi connectivity index (χ2v) is 7.26. The van der Waals surface area contributed by atoms with E-state index in [-0.39, 0.29) is 37.4 Å². The summed E-state index contributed by atoms with van der Waals surface area (Å²) in [5, 5.41) is 14.5. The van der Waals surface area contributed by atoms with Crippen molar-refractivity contribution in [3.63, 3.8) is 0 Å². The van der Waals surface area contributed by atoms with Gasteiger partial charge in [-0.1, -0.05) is 43.2 Å². The molecule has 3 N–H and O–H groups in total. The van der Waals surface area contributed by atoms with Crippen molar-refractivity contribution in [2.75, 3.05) is 19.6 Å². The lowest BCUT2D eigenvalue weighted by atomic mass is 10.0. The van der Waals surface area contributed by atoms with Gasteiger partial charge in [0.15, 0.2) is 0 Å². The van der Waals surface area contributed by atoms with Crippen LogP contribution >= 0.6 is 0 Å². The van der Waals surface area contributed by atoms with Crippen molar-refractivity contribution in [3.05, 3.63) is 35.9 Å². The third kappa shape index (κ3) is 8.41. The van der Waals surface area contributed by atoms with Crippen LogP contribution in [0.4, 0.5) is 4.79 Å². The van der Waals surface area contributed by atoms with Gasteiger partial charge in [-0.3, -0.25) is 9.59 Å². The fourth-order valence-electron chi connectivity index (χ4n) is 3.42. The van der Waals surface area contributed by atoms with Crippen molar-refractivity contribution < 1.29 is 19.5 Å². The molecule has 1 aliphatic rings. The van der Waals surface area contributed by atoms with Crippen LogP contribution in [0.3, 0.4) is 0 Å². The van der Waals surface area contributed by atoms with E-state index in [2.05, 4.69) is 10.6 Å². The summed E-state index contributed by atoms with van der Waals surface area (Å²) in [6, 6.07) is 9.00. The van der Waals surface area contributed by atoms with Crippen molar-refractivity contribution in [1.82, 2.24) is 15.5 Å². The molecule has 28 heavy (non-hydrogen) atoms. The fourth-order valence-corrected chi connectivity index (χ4v) is 3.42. The van der Waals surface area contributed by atoms with Gasteiger partial charge in [0.05, 0.1) is 0 Å². The number of carbonyl (C=O) groups is 3. The SMILES string of the molecule is O=C(O)CCC(Cc1ccccc1)NC(=O)NCCC(=O)N1CCCCCC1. The molecule has 1 saturated heterocycles. The lowest BCUT2D eigenvalue weighted by Crippen LogP contribution is -2.44. The molecule has 3 amide bonds. The van der Waals surface area contributed by atoms with Crippen LogP contribution in [0.25, 0.3) is 0 Å². The summed E-state index contributed by atoms with van der Waals surface area (Å²) >= 11 is 0. The molecule has 0 spiro atoms. The van der Waals surface area contributed by atoms with Crippen LogP contribution in [0, 0.1) is 0 Å². The summed E-state index contributed by atoms with van der Waals surface area (Å²) in [7, 11) is 0. The second kappa shape index (κ2) is 12.0. The topological polar surface area (TPSA) is 98.7 Å². The zero-order chi connectivity index (χ0) is 20.2. The van der Waals surface area contributed by atoms with Gasteiger partial charge in [0.2, 0.25) is 5.91 Å². The molecule has 1 atom stereocenters. The Kier molecular flexibility index (Phi) is 9.31. The minimum atomic E-state index is -0.886. The van der Waals surface area contributed by atoms with Crippen molar-refractivity contribution >= 4 is 17.9 Å². The number of carboxylic acids is 1. The Labute approximate surface area is 166 Å². The van der Waals surface area contributed by atoms with Crippen LogP contribution in [-0.4, -0.2) is 53.6 Å². The molecule has 1 fully saturated rings. The zero-order valence-electron chi connectivity index (χ0n) is 16.4. The van der Waals surface area contributed by atoms with E-state index in [1.165, 1.54) is 12.8 Å². The third-order valence-corrected chi connectivity index (χ3v) is 4.95. The zero-order valence-corrected chi connectivity index (χ0v) is 16.4. The van der Waals surface area contributed by atoms with Gasteiger partial charge >= 0.3 is 12.0 Å². The largest absolute Gasteiger partial charge is 0.481 e. The Morgan fingerprint density at radius 3 is 2.32 bits per heavy atom. The Morgan fingerprint density at radius 1 is 1.00 bits per heavy atom. The number of hydrogen-bond donors (Lipinski definition) is 3.